The van der Waals surface area contributed by atoms with Crippen LogP contribution in [0.2, 0.25) is 0 Å². The van der Waals surface area contributed by atoms with E-state index in [9.17, 15) is 4.79 Å². The van der Waals surface area contributed by atoms with Gasteiger partial charge in [-0.1, -0.05) is 12.2 Å². The van der Waals surface area contributed by atoms with Gasteiger partial charge >= 0.3 is 5.97 Å². The molecular weight excluding hydrogens is 312 g/mol. The summed E-state index contributed by atoms with van der Waals surface area (Å²) in [6.45, 7) is 0. The third-order valence-electron chi connectivity index (χ3n) is 4.40. The van der Waals surface area contributed by atoms with Crippen LogP contribution in [0.15, 0.2) is 29.5 Å². The predicted molar refractivity (Wildman–Crippen MR) is 92.4 cm³/mol. The molecule has 2 aliphatic carbocycles. The van der Waals surface area contributed by atoms with Gasteiger partial charge in [0.2, 0.25) is 0 Å². The minimum absolute atomic E-state index is 0.373. The molecule has 0 spiro atoms. The summed E-state index contributed by atoms with van der Waals surface area (Å²) in [4.78, 5) is 11.5. The number of nitrogens with zero attached hydrogens (tertiary/aromatic N) is 2. The fourth-order valence-electron chi connectivity index (χ4n) is 3.28. The Balaban J connectivity index is 1.51. The smallest absolute Gasteiger partial charge is 0.354 e. The highest BCUT2D eigenvalue weighted by Gasteiger charge is 2.35. The summed E-state index contributed by atoms with van der Waals surface area (Å²) < 4.78 is 6.42. The summed E-state index contributed by atoms with van der Waals surface area (Å²) in [5.41, 5.74) is 4.10. The number of hydrazone groups is 1. The molecule has 0 unspecified atom stereocenters. The van der Waals surface area contributed by atoms with Crippen LogP contribution in [0, 0.1) is 11.8 Å². The van der Waals surface area contributed by atoms with Crippen molar-refractivity contribution in [3.05, 3.63) is 35.7 Å². The van der Waals surface area contributed by atoms with Crippen LogP contribution in [-0.2, 0) is 11.8 Å². The summed E-state index contributed by atoms with van der Waals surface area (Å²) in [6, 6.07) is 2.12. The summed E-state index contributed by atoms with van der Waals surface area (Å²) in [6.07, 6.45) is 10.4. The lowest BCUT2D eigenvalue weighted by atomic mass is 10.0. The standard InChI is InChI=1S/C16H20N4O2S/c1-20-9-11(7-14(20)15(21)22-2)8-17-19-16(23)18-13-6-10-3-4-12(13)5-10/h3-4,7-10,12-13H,5-6H2,1-2H3,(H2,18,19,23)/b17-8-/t10-,12+,13-/m0/s1. The fraction of sp³-hybridized carbons (Fsp3) is 0.438. The normalized spacial score (nSPS) is 25.0. The number of rotatable bonds is 4. The molecule has 122 valence electrons. The maximum Gasteiger partial charge on any atom is 0.354 e. The average molecular weight is 332 g/mol. The summed E-state index contributed by atoms with van der Waals surface area (Å²) in [7, 11) is 3.14. The highest BCUT2D eigenvalue weighted by molar-refractivity contribution is 7.80. The van der Waals surface area contributed by atoms with E-state index in [1.165, 1.54) is 13.5 Å². The van der Waals surface area contributed by atoms with Crippen molar-refractivity contribution < 1.29 is 9.53 Å². The van der Waals surface area contributed by atoms with Crippen molar-refractivity contribution in [1.82, 2.24) is 15.3 Å². The minimum Gasteiger partial charge on any atom is -0.464 e. The molecule has 1 aromatic rings. The van der Waals surface area contributed by atoms with Gasteiger partial charge in [-0.15, -0.1) is 0 Å². The van der Waals surface area contributed by atoms with Crippen molar-refractivity contribution >= 4 is 29.5 Å². The summed E-state index contributed by atoms with van der Waals surface area (Å²) in [5, 5.41) is 7.96. The Bertz CT molecular complexity index is 680. The molecule has 1 saturated carbocycles. The largest absolute Gasteiger partial charge is 0.464 e. The number of hydrogen-bond acceptors (Lipinski definition) is 4. The lowest BCUT2D eigenvalue weighted by Gasteiger charge is -2.20. The van der Waals surface area contributed by atoms with E-state index in [1.54, 1.807) is 30.1 Å². The molecular formula is C16H20N4O2S. The Morgan fingerprint density at radius 1 is 1.48 bits per heavy atom. The maximum absolute atomic E-state index is 11.5. The van der Waals surface area contributed by atoms with Gasteiger partial charge in [0.25, 0.3) is 0 Å². The first-order chi connectivity index (χ1) is 11.1. The number of carbonyl (C=O) groups is 1. The quantitative estimate of drug-likeness (QED) is 0.288. The lowest BCUT2D eigenvalue weighted by Crippen LogP contribution is -2.42. The van der Waals surface area contributed by atoms with Crippen LogP contribution in [0.1, 0.15) is 28.9 Å². The summed E-state index contributed by atoms with van der Waals surface area (Å²) in [5.74, 6) is 0.909. The molecule has 0 saturated heterocycles. The molecule has 3 rings (SSSR count). The second-order valence-electron chi connectivity index (χ2n) is 5.99. The van der Waals surface area contributed by atoms with Crippen LogP contribution in [0.3, 0.4) is 0 Å². The highest BCUT2D eigenvalue weighted by atomic mass is 32.1. The van der Waals surface area contributed by atoms with Gasteiger partial charge in [-0.05, 0) is 43.0 Å². The second kappa shape index (κ2) is 6.54. The van der Waals surface area contributed by atoms with E-state index in [-0.39, 0.29) is 5.97 Å². The molecule has 1 aromatic heterocycles. The third kappa shape index (κ3) is 3.44. The number of carbonyl (C=O) groups excluding carboxylic acids is 1. The molecule has 2 aliphatic rings. The Morgan fingerprint density at radius 3 is 2.96 bits per heavy atom. The van der Waals surface area contributed by atoms with E-state index in [1.807, 2.05) is 0 Å². The Labute approximate surface area is 140 Å². The molecule has 0 amide bonds. The molecule has 0 aromatic carbocycles. The minimum atomic E-state index is -0.373. The monoisotopic (exact) mass is 332 g/mol. The molecule has 23 heavy (non-hydrogen) atoms. The lowest BCUT2D eigenvalue weighted by molar-refractivity contribution is 0.0590. The van der Waals surface area contributed by atoms with Crippen molar-refractivity contribution in [3.63, 3.8) is 0 Å². The number of fused-ring (bicyclic) bond motifs is 2. The topological polar surface area (TPSA) is 67.7 Å². The van der Waals surface area contributed by atoms with E-state index in [0.29, 0.717) is 28.7 Å². The Morgan fingerprint density at radius 2 is 2.30 bits per heavy atom. The van der Waals surface area contributed by atoms with Crippen LogP contribution >= 0.6 is 12.2 Å². The van der Waals surface area contributed by atoms with Crippen molar-refractivity contribution in [2.75, 3.05) is 7.11 Å². The SMILES string of the molecule is COC(=O)c1cc(/C=N\NC(=S)N[C@H]2C[C@H]3C=C[C@@H]2C3)cn1C. The molecule has 2 bridgehead atoms. The number of ether oxygens (including phenoxy) is 1. The van der Waals surface area contributed by atoms with E-state index in [4.69, 9.17) is 17.0 Å². The zero-order valence-electron chi connectivity index (χ0n) is 13.2. The third-order valence-corrected chi connectivity index (χ3v) is 4.60. The van der Waals surface area contributed by atoms with Gasteiger partial charge in [-0.2, -0.15) is 5.10 Å². The second-order valence-corrected chi connectivity index (χ2v) is 6.40. The van der Waals surface area contributed by atoms with Crippen LogP contribution < -0.4 is 10.7 Å². The van der Waals surface area contributed by atoms with Crippen LogP contribution in [-0.4, -0.2) is 35.0 Å². The molecule has 3 atom stereocenters. The van der Waals surface area contributed by atoms with Gasteiger partial charge < -0.3 is 14.6 Å². The number of esters is 1. The van der Waals surface area contributed by atoms with Crippen LogP contribution in [0.5, 0.6) is 0 Å². The molecule has 0 aliphatic heterocycles. The molecule has 0 radical (unpaired) electrons. The zero-order valence-corrected chi connectivity index (χ0v) is 14.0. The molecule has 7 heteroatoms. The van der Waals surface area contributed by atoms with Gasteiger partial charge in [-0.25, -0.2) is 4.79 Å². The van der Waals surface area contributed by atoms with Crippen LogP contribution in [0.25, 0.3) is 0 Å². The van der Waals surface area contributed by atoms with E-state index in [2.05, 4.69) is 28.0 Å². The Hall–Kier alpha value is -2.15. The fourth-order valence-corrected chi connectivity index (χ4v) is 3.49. The van der Waals surface area contributed by atoms with Crippen molar-refractivity contribution in [1.29, 1.82) is 0 Å². The van der Waals surface area contributed by atoms with Crippen LogP contribution in [0.4, 0.5) is 0 Å². The highest BCUT2D eigenvalue weighted by Crippen LogP contribution is 2.38. The molecule has 2 N–H and O–H groups in total. The van der Waals surface area contributed by atoms with Gasteiger partial charge in [0.15, 0.2) is 5.11 Å². The molecule has 1 fully saturated rings. The number of aryl methyl sites for hydroxylation is 1. The first-order valence-electron chi connectivity index (χ1n) is 7.59. The van der Waals surface area contributed by atoms with Gasteiger partial charge in [0.05, 0.1) is 13.3 Å². The van der Waals surface area contributed by atoms with Gasteiger partial charge in [0, 0.05) is 24.8 Å². The summed E-state index contributed by atoms with van der Waals surface area (Å²) >= 11 is 5.27. The zero-order chi connectivity index (χ0) is 16.4. The van der Waals surface area contributed by atoms with E-state index >= 15 is 0 Å². The van der Waals surface area contributed by atoms with Crippen molar-refractivity contribution in [2.45, 2.75) is 18.9 Å². The number of nitrogens with one attached hydrogen (secondary N) is 2. The predicted octanol–water partition coefficient (Wildman–Crippen LogP) is 1.57. The maximum atomic E-state index is 11.5. The number of allylic oxidation sites excluding steroid dienone is 1. The molecule has 1 heterocycles. The number of methoxy groups -OCH3 is 1. The van der Waals surface area contributed by atoms with Crippen molar-refractivity contribution in [2.24, 2.45) is 24.0 Å². The van der Waals surface area contributed by atoms with E-state index < -0.39 is 0 Å². The average Bonchev–Trinajstić information content (AvgIpc) is 3.22. The number of thiocarbonyl (C=S) groups is 1. The van der Waals surface area contributed by atoms with E-state index in [0.717, 1.165) is 12.0 Å². The first kappa shape index (κ1) is 15.7. The first-order valence-corrected chi connectivity index (χ1v) is 8.00. The number of aromatic nitrogens is 1. The van der Waals surface area contributed by atoms with Gasteiger partial charge in [-0.3, -0.25) is 5.43 Å². The Kier molecular flexibility index (Phi) is 4.47. The van der Waals surface area contributed by atoms with Crippen molar-refractivity contribution in [3.8, 4) is 0 Å². The number of hydrogen-bond donors (Lipinski definition) is 2. The molecule has 6 nitrogen and oxygen atoms in total. The van der Waals surface area contributed by atoms with Gasteiger partial charge in [0.1, 0.15) is 5.69 Å².